The Bertz CT molecular complexity index is 82.9. The summed E-state index contributed by atoms with van der Waals surface area (Å²) in [6.07, 6.45) is 3.93. The second-order valence-corrected chi connectivity index (χ2v) is 4.23. The third kappa shape index (κ3) is 1.81. The van der Waals surface area contributed by atoms with Crippen molar-refractivity contribution in [3.63, 3.8) is 0 Å². The summed E-state index contributed by atoms with van der Waals surface area (Å²) in [5.74, 6) is 0.768. The summed E-state index contributed by atoms with van der Waals surface area (Å²) in [5, 5.41) is 1.07. The zero-order chi connectivity index (χ0) is 6.85. The molecule has 2 heteroatoms. The predicted molar refractivity (Wildman–Crippen MR) is 48.6 cm³/mol. The Morgan fingerprint density at radius 2 is 1.89 bits per heavy atom. The van der Waals surface area contributed by atoms with Crippen LogP contribution in [0.15, 0.2) is 0 Å². The van der Waals surface area contributed by atoms with E-state index in [-0.39, 0.29) is 0 Å². The maximum Gasteiger partial charge on any atom is 0.0159 e. The third-order valence-corrected chi connectivity index (χ3v) is 3.82. The number of thiol groups is 2. The highest BCUT2D eigenvalue weighted by Crippen LogP contribution is 2.31. The second kappa shape index (κ2) is 3.20. The van der Waals surface area contributed by atoms with E-state index in [1.807, 2.05) is 0 Å². The van der Waals surface area contributed by atoms with Crippen molar-refractivity contribution in [2.45, 2.75) is 36.7 Å². The molecular formula is C7H14S2. The number of rotatable bonds is 0. The van der Waals surface area contributed by atoms with Gasteiger partial charge in [-0.15, -0.1) is 0 Å². The molecule has 0 amide bonds. The van der Waals surface area contributed by atoms with Crippen molar-refractivity contribution < 1.29 is 0 Å². The molecule has 0 nitrogen and oxygen atoms in total. The molecule has 1 aliphatic carbocycles. The van der Waals surface area contributed by atoms with E-state index in [9.17, 15) is 0 Å². The Balaban J connectivity index is 2.41. The Morgan fingerprint density at radius 3 is 2.33 bits per heavy atom. The van der Waals surface area contributed by atoms with Gasteiger partial charge in [0.1, 0.15) is 0 Å². The maximum atomic E-state index is 4.47. The third-order valence-electron chi connectivity index (χ3n) is 2.14. The molecule has 0 aromatic rings. The first kappa shape index (κ1) is 7.80. The van der Waals surface area contributed by atoms with E-state index in [4.69, 9.17) is 0 Å². The normalized spacial score (nSPS) is 45.0. The molecule has 1 saturated carbocycles. The van der Waals surface area contributed by atoms with E-state index in [1.165, 1.54) is 19.3 Å². The fraction of sp³-hybridized carbons (Fsp3) is 1.00. The van der Waals surface area contributed by atoms with Crippen LogP contribution >= 0.6 is 25.3 Å². The monoisotopic (exact) mass is 162 g/mol. The molecule has 0 N–H and O–H groups in total. The highest BCUT2D eigenvalue weighted by Gasteiger charge is 2.24. The minimum absolute atomic E-state index is 0.530. The average Bonchev–Trinajstić information content (AvgIpc) is 1.83. The van der Waals surface area contributed by atoms with Crippen LogP contribution in [-0.4, -0.2) is 10.5 Å². The first-order valence-corrected chi connectivity index (χ1v) is 4.61. The fourth-order valence-corrected chi connectivity index (χ4v) is 2.14. The lowest BCUT2D eigenvalue weighted by Gasteiger charge is -2.29. The van der Waals surface area contributed by atoms with E-state index in [1.54, 1.807) is 0 Å². The van der Waals surface area contributed by atoms with Gasteiger partial charge >= 0.3 is 0 Å². The lowest BCUT2D eigenvalue weighted by molar-refractivity contribution is 0.409. The van der Waals surface area contributed by atoms with E-state index in [0.29, 0.717) is 10.5 Å². The Morgan fingerprint density at radius 1 is 1.22 bits per heavy atom. The molecule has 0 aromatic heterocycles. The number of hydrogen-bond donors (Lipinski definition) is 2. The Kier molecular flexibility index (Phi) is 2.77. The highest BCUT2D eigenvalue weighted by molar-refractivity contribution is 7.85. The molecule has 3 atom stereocenters. The lowest BCUT2D eigenvalue weighted by Crippen LogP contribution is -2.27. The molecule has 9 heavy (non-hydrogen) atoms. The lowest BCUT2D eigenvalue weighted by atomic mass is 9.90. The molecule has 0 aliphatic heterocycles. The quantitative estimate of drug-likeness (QED) is 0.502. The van der Waals surface area contributed by atoms with Crippen LogP contribution in [0.25, 0.3) is 0 Å². The van der Waals surface area contributed by atoms with Gasteiger partial charge in [0.05, 0.1) is 0 Å². The van der Waals surface area contributed by atoms with E-state index in [0.717, 1.165) is 5.92 Å². The smallest absolute Gasteiger partial charge is 0.0159 e. The topological polar surface area (TPSA) is 0 Å². The van der Waals surface area contributed by atoms with Gasteiger partial charge in [0.25, 0.3) is 0 Å². The highest BCUT2D eigenvalue weighted by atomic mass is 32.1. The molecule has 0 saturated heterocycles. The zero-order valence-electron chi connectivity index (χ0n) is 5.75. The summed E-state index contributed by atoms with van der Waals surface area (Å²) in [7, 11) is 0. The fourth-order valence-electron chi connectivity index (χ4n) is 1.37. The molecule has 0 bridgehead atoms. The van der Waals surface area contributed by atoms with Gasteiger partial charge in [-0.1, -0.05) is 13.3 Å². The summed E-state index contributed by atoms with van der Waals surface area (Å²) in [5.41, 5.74) is 0. The van der Waals surface area contributed by atoms with Crippen LogP contribution in [0, 0.1) is 5.92 Å². The molecule has 0 heterocycles. The van der Waals surface area contributed by atoms with E-state index in [2.05, 4.69) is 32.2 Å². The van der Waals surface area contributed by atoms with Gasteiger partial charge in [0.15, 0.2) is 0 Å². The minimum Gasteiger partial charge on any atom is -0.175 e. The largest absolute Gasteiger partial charge is 0.175 e. The summed E-state index contributed by atoms with van der Waals surface area (Å²) in [6, 6.07) is 0. The van der Waals surface area contributed by atoms with Crippen molar-refractivity contribution in [1.29, 1.82) is 0 Å². The van der Waals surface area contributed by atoms with Crippen molar-refractivity contribution in [3.05, 3.63) is 0 Å². The van der Waals surface area contributed by atoms with Gasteiger partial charge in [-0.25, -0.2) is 0 Å². The van der Waals surface area contributed by atoms with E-state index >= 15 is 0 Å². The van der Waals surface area contributed by atoms with Gasteiger partial charge in [0, 0.05) is 10.5 Å². The van der Waals surface area contributed by atoms with Crippen molar-refractivity contribution in [3.8, 4) is 0 Å². The zero-order valence-corrected chi connectivity index (χ0v) is 7.54. The van der Waals surface area contributed by atoms with Crippen molar-refractivity contribution >= 4 is 25.3 Å². The molecule has 54 valence electrons. The van der Waals surface area contributed by atoms with Gasteiger partial charge in [-0.3, -0.25) is 0 Å². The summed E-state index contributed by atoms with van der Waals surface area (Å²) in [6.45, 7) is 2.26. The second-order valence-electron chi connectivity index (χ2n) is 2.97. The van der Waals surface area contributed by atoms with Crippen LogP contribution in [0.1, 0.15) is 26.2 Å². The predicted octanol–water partition coefficient (Wildman–Crippen LogP) is 2.40. The van der Waals surface area contributed by atoms with Crippen LogP contribution in [0.3, 0.4) is 0 Å². The maximum absolute atomic E-state index is 4.47. The molecule has 1 rings (SSSR count). The summed E-state index contributed by atoms with van der Waals surface area (Å²) < 4.78 is 0. The standard InChI is InChI=1S/C7H14S2/c1-5-3-2-4-6(8)7(5)9/h5-9H,2-4H2,1H3. The van der Waals surface area contributed by atoms with Crippen molar-refractivity contribution in [2.24, 2.45) is 5.92 Å². The molecule has 1 fully saturated rings. The van der Waals surface area contributed by atoms with Crippen molar-refractivity contribution in [2.75, 3.05) is 0 Å². The van der Waals surface area contributed by atoms with Gasteiger partial charge in [-0.2, -0.15) is 25.3 Å². The molecule has 3 unspecified atom stereocenters. The van der Waals surface area contributed by atoms with E-state index < -0.39 is 0 Å². The Hall–Kier alpha value is 0.700. The van der Waals surface area contributed by atoms with Crippen LogP contribution < -0.4 is 0 Å². The number of hydrogen-bond acceptors (Lipinski definition) is 2. The first-order chi connectivity index (χ1) is 4.22. The molecule has 0 spiro atoms. The molecular weight excluding hydrogens is 148 g/mol. The van der Waals surface area contributed by atoms with Gasteiger partial charge in [0.2, 0.25) is 0 Å². The summed E-state index contributed by atoms with van der Waals surface area (Å²) in [4.78, 5) is 0. The SMILES string of the molecule is CC1CCCC(S)C1S. The Labute approximate surface area is 68.2 Å². The molecule has 0 radical (unpaired) electrons. The summed E-state index contributed by atoms with van der Waals surface area (Å²) >= 11 is 8.91. The van der Waals surface area contributed by atoms with Crippen LogP contribution in [0.5, 0.6) is 0 Å². The van der Waals surface area contributed by atoms with Gasteiger partial charge in [-0.05, 0) is 18.8 Å². The molecule has 1 aliphatic rings. The van der Waals surface area contributed by atoms with Gasteiger partial charge < -0.3 is 0 Å². The van der Waals surface area contributed by atoms with Crippen LogP contribution in [-0.2, 0) is 0 Å². The van der Waals surface area contributed by atoms with Crippen LogP contribution in [0.2, 0.25) is 0 Å². The minimum atomic E-state index is 0.530. The van der Waals surface area contributed by atoms with Crippen molar-refractivity contribution in [1.82, 2.24) is 0 Å². The first-order valence-electron chi connectivity index (χ1n) is 3.58. The van der Waals surface area contributed by atoms with Crippen LogP contribution in [0.4, 0.5) is 0 Å². The average molecular weight is 162 g/mol. The molecule has 0 aromatic carbocycles.